The highest BCUT2D eigenvalue weighted by Crippen LogP contribution is 2.24. The zero-order valence-corrected chi connectivity index (χ0v) is 11.9. The van der Waals surface area contributed by atoms with E-state index in [2.05, 4.69) is 15.3 Å². The van der Waals surface area contributed by atoms with Crippen molar-refractivity contribution in [1.29, 1.82) is 0 Å². The van der Waals surface area contributed by atoms with Crippen molar-refractivity contribution >= 4 is 22.7 Å². The maximum Gasteiger partial charge on any atom is 0.123 e. The molecule has 0 aliphatic carbocycles. The van der Waals surface area contributed by atoms with Crippen LogP contribution in [0.1, 0.15) is 15.7 Å². The van der Waals surface area contributed by atoms with Crippen molar-refractivity contribution in [2.45, 2.75) is 13.3 Å². The molecule has 2 aromatic heterocycles. The lowest BCUT2D eigenvalue weighted by molar-refractivity contribution is 0.628. The average molecular weight is 290 g/mol. The number of nitrogens with zero attached hydrogens (tertiary/aromatic N) is 2. The minimum absolute atomic E-state index is 0.225. The van der Waals surface area contributed by atoms with Gasteiger partial charge in [0.25, 0.3) is 0 Å². The predicted octanol–water partition coefficient (Wildman–Crippen LogP) is 4.30. The molecular weight excluding hydrogens is 279 g/mol. The van der Waals surface area contributed by atoms with Crippen molar-refractivity contribution in [1.82, 2.24) is 9.97 Å². The molecule has 19 heavy (non-hydrogen) atoms. The van der Waals surface area contributed by atoms with Gasteiger partial charge in [-0.15, -0.1) is 22.7 Å². The Bertz CT molecular complexity index is 686. The molecule has 0 atom stereocenters. The van der Waals surface area contributed by atoms with Crippen LogP contribution in [0.2, 0.25) is 0 Å². The highest BCUT2D eigenvalue weighted by molar-refractivity contribution is 7.10. The van der Waals surface area contributed by atoms with Crippen LogP contribution >= 0.6 is 22.7 Å². The predicted molar refractivity (Wildman–Crippen MR) is 77.2 cm³/mol. The molecule has 0 amide bonds. The molecule has 0 bridgehead atoms. The van der Waals surface area contributed by atoms with E-state index in [1.54, 1.807) is 34.8 Å². The van der Waals surface area contributed by atoms with E-state index < -0.39 is 0 Å². The van der Waals surface area contributed by atoms with E-state index in [1.807, 2.05) is 12.3 Å². The Labute approximate surface area is 118 Å². The molecule has 5 heteroatoms. The lowest BCUT2D eigenvalue weighted by Gasteiger charge is -1.95. The molecule has 3 rings (SSSR count). The van der Waals surface area contributed by atoms with Crippen LogP contribution in [0.5, 0.6) is 0 Å². The normalized spacial score (nSPS) is 10.8. The number of halogens is 1. The number of aryl methyl sites for hydroxylation is 1. The monoisotopic (exact) mass is 290 g/mol. The minimum atomic E-state index is -0.225. The fraction of sp³-hybridized carbons (Fsp3) is 0.143. The Hall–Kier alpha value is -1.59. The van der Waals surface area contributed by atoms with Crippen molar-refractivity contribution in [3.05, 3.63) is 56.6 Å². The quantitative estimate of drug-likeness (QED) is 0.718. The Morgan fingerprint density at radius 1 is 1.05 bits per heavy atom. The van der Waals surface area contributed by atoms with Crippen molar-refractivity contribution in [3.8, 4) is 11.3 Å². The van der Waals surface area contributed by atoms with E-state index in [9.17, 15) is 4.39 Å². The van der Waals surface area contributed by atoms with Gasteiger partial charge in [-0.1, -0.05) is 0 Å². The van der Waals surface area contributed by atoms with Crippen LogP contribution in [0.25, 0.3) is 11.3 Å². The molecule has 3 aromatic rings. The van der Waals surface area contributed by atoms with Crippen LogP contribution in [-0.4, -0.2) is 9.97 Å². The van der Waals surface area contributed by atoms with Crippen LogP contribution in [0.15, 0.2) is 35.0 Å². The van der Waals surface area contributed by atoms with Gasteiger partial charge in [0.1, 0.15) is 5.82 Å². The zero-order chi connectivity index (χ0) is 13.2. The second-order valence-corrected chi connectivity index (χ2v) is 6.17. The summed E-state index contributed by atoms with van der Waals surface area (Å²) < 4.78 is 12.9. The molecule has 96 valence electrons. The van der Waals surface area contributed by atoms with Crippen LogP contribution < -0.4 is 0 Å². The van der Waals surface area contributed by atoms with E-state index in [-0.39, 0.29) is 5.82 Å². The first kappa shape index (κ1) is 12.4. The Balaban J connectivity index is 1.81. The van der Waals surface area contributed by atoms with Gasteiger partial charge in [0.05, 0.1) is 21.4 Å². The van der Waals surface area contributed by atoms with Gasteiger partial charge in [0.2, 0.25) is 0 Å². The first-order valence-electron chi connectivity index (χ1n) is 5.82. The van der Waals surface area contributed by atoms with E-state index in [0.29, 0.717) is 0 Å². The highest BCUT2D eigenvalue weighted by Gasteiger charge is 2.07. The molecule has 0 radical (unpaired) electrons. The Kier molecular flexibility index (Phi) is 3.40. The van der Waals surface area contributed by atoms with Gasteiger partial charge in [-0.3, -0.25) is 0 Å². The van der Waals surface area contributed by atoms with Gasteiger partial charge in [-0.25, -0.2) is 14.4 Å². The first-order valence-corrected chi connectivity index (χ1v) is 7.58. The standard InChI is InChI=1S/C14H11FN2S2/c1-9-16-12(7-18-9)6-14-17-13(8-19-14)10-2-4-11(15)5-3-10/h2-5,7-8H,6H2,1H3. The van der Waals surface area contributed by atoms with E-state index in [0.717, 1.165) is 33.4 Å². The van der Waals surface area contributed by atoms with Crippen molar-refractivity contribution in [3.63, 3.8) is 0 Å². The van der Waals surface area contributed by atoms with Crippen molar-refractivity contribution in [2.75, 3.05) is 0 Å². The van der Waals surface area contributed by atoms with Crippen LogP contribution in [-0.2, 0) is 6.42 Å². The molecule has 0 spiro atoms. The second-order valence-electron chi connectivity index (χ2n) is 4.17. The lowest BCUT2D eigenvalue weighted by Crippen LogP contribution is -1.88. The Morgan fingerprint density at radius 3 is 2.53 bits per heavy atom. The molecule has 0 fully saturated rings. The number of benzene rings is 1. The molecule has 0 saturated carbocycles. The summed E-state index contributed by atoms with van der Waals surface area (Å²) in [5, 5.41) is 6.17. The topological polar surface area (TPSA) is 25.8 Å². The fourth-order valence-corrected chi connectivity index (χ4v) is 3.22. The van der Waals surface area contributed by atoms with Crippen molar-refractivity contribution in [2.24, 2.45) is 0 Å². The maximum atomic E-state index is 12.9. The zero-order valence-electron chi connectivity index (χ0n) is 10.3. The lowest BCUT2D eigenvalue weighted by atomic mass is 10.2. The first-order chi connectivity index (χ1) is 9.20. The number of aromatic nitrogens is 2. The van der Waals surface area contributed by atoms with Crippen LogP contribution in [0, 0.1) is 12.7 Å². The number of hydrogen-bond donors (Lipinski definition) is 0. The summed E-state index contributed by atoms with van der Waals surface area (Å²) in [6.07, 6.45) is 0.760. The minimum Gasteiger partial charge on any atom is -0.246 e. The third kappa shape index (κ3) is 2.88. The Morgan fingerprint density at radius 2 is 1.84 bits per heavy atom. The number of rotatable bonds is 3. The SMILES string of the molecule is Cc1nc(Cc2nc(-c3ccc(F)cc3)cs2)cs1. The molecule has 2 nitrogen and oxygen atoms in total. The summed E-state index contributed by atoms with van der Waals surface area (Å²) in [5.41, 5.74) is 2.90. The van der Waals surface area contributed by atoms with E-state index >= 15 is 0 Å². The molecule has 0 N–H and O–H groups in total. The molecule has 0 aliphatic rings. The second kappa shape index (κ2) is 5.19. The fourth-order valence-electron chi connectivity index (χ4n) is 1.79. The molecule has 0 saturated heterocycles. The summed E-state index contributed by atoms with van der Waals surface area (Å²) in [7, 11) is 0. The average Bonchev–Trinajstić information content (AvgIpc) is 3.00. The molecule has 0 aliphatic heterocycles. The van der Waals surface area contributed by atoms with Gasteiger partial charge in [-0.2, -0.15) is 0 Å². The molecular formula is C14H11FN2S2. The summed E-state index contributed by atoms with van der Waals surface area (Å²) in [6, 6.07) is 6.42. The van der Waals surface area contributed by atoms with E-state index in [4.69, 9.17) is 0 Å². The number of thiazole rings is 2. The van der Waals surface area contributed by atoms with Gasteiger partial charge in [-0.05, 0) is 31.2 Å². The van der Waals surface area contributed by atoms with E-state index in [1.165, 1.54) is 12.1 Å². The van der Waals surface area contributed by atoms with Gasteiger partial charge in [0, 0.05) is 22.7 Å². The van der Waals surface area contributed by atoms with Crippen LogP contribution in [0.3, 0.4) is 0 Å². The molecule has 0 unspecified atom stereocenters. The number of hydrogen-bond acceptors (Lipinski definition) is 4. The van der Waals surface area contributed by atoms with Gasteiger partial charge in [0.15, 0.2) is 0 Å². The van der Waals surface area contributed by atoms with Gasteiger partial charge < -0.3 is 0 Å². The third-order valence-corrected chi connectivity index (χ3v) is 4.36. The van der Waals surface area contributed by atoms with Gasteiger partial charge >= 0.3 is 0 Å². The van der Waals surface area contributed by atoms with Crippen molar-refractivity contribution < 1.29 is 4.39 Å². The third-order valence-electron chi connectivity index (χ3n) is 2.69. The summed E-state index contributed by atoms with van der Waals surface area (Å²) in [6.45, 7) is 2.00. The summed E-state index contributed by atoms with van der Waals surface area (Å²) in [4.78, 5) is 9.01. The highest BCUT2D eigenvalue weighted by atomic mass is 32.1. The molecule has 2 heterocycles. The largest absolute Gasteiger partial charge is 0.246 e. The molecule has 1 aromatic carbocycles. The smallest absolute Gasteiger partial charge is 0.123 e. The summed E-state index contributed by atoms with van der Waals surface area (Å²) in [5.74, 6) is -0.225. The maximum absolute atomic E-state index is 12.9. The van der Waals surface area contributed by atoms with Crippen LogP contribution in [0.4, 0.5) is 4.39 Å². The summed E-state index contributed by atoms with van der Waals surface area (Å²) >= 11 is 3.26.